The van der Waals surface area contributed by atoms with Gasteiger partial charge < -0.3 is 5.11 Å². The van der Waals surface area contributed by atoms with E-state index in [2.05, 4.69) is 36.0 Å². The van der Waals surface area contributed by atoms with Gasteiger partial charge in [-0.2, -0.15) is 0 Å². The van der Waals surface area contributed by atoms with Gasteiger partial charge in [0.1, 0.15) is 5.52 Å². The molecule has 0 fully saturated rings. The Balaban J connectivity index is 2.37. The molecule has 2 aromatic rings. The topological polar surface area (TPSA) is 50.9 Å². The lowest BCUT2D eigenvalue weighted by atomic mass is 10.0. The van der Waals surface area contributed by atoms with Gasteiger partial charge in [-0.15, -0.1) is 5.10 Å². The summed E-state index contributed by atoms with van der Waals surface area (Å²) in [6, 6.07) is 9.04. The fourth-order valence-corrected chi connectivity index (χ4v) is 3.77. The molecule has 22 heavy (non-hydrogen) atoms. The highest BCUT2D eigenvalue weighted by molar-refractivity contribution is 6.77. The third kappa shape index (κ3) is 4.27. The number of benzene rings is 1. The summed E-state index contributed by atoms with van der Waals surface area (Å²) in [6.45, 7) is 11.1. The largest absolute Gasteiger partial charge is 0.393 e. The summed E-state index contributed by atoms with van der Waals surface area (Å²) in [5, 5.41) is 18.7. The summed E-state index contributed by atoms with van der Waals surface area (Å²) in [5.74, 6) is 0.261. The van der Waals surface area contributed by atoms with Gasteiger partial charge >= 0.3 is 0 Å². The molecule has 0 aliphatic carbocycles. The Kier molecular flexibility index (Phi) is 5.18. The zero-order chi connectivity index (χ0) is 16.3. The van der Waals surface area contributed by atoms with Crippen LogP contribution in [0.2, 0.25) is 25.7 Å². The van der Waals surface area contributed by atoms with E-state index in [0.717, 1.165) is 22.8 Å². The summed E-state index contributed by atoms with van der Waals surface area (Å²) < 4.78 is 1.95. The number of hydrogen-bond acceptors (Lipinski definition) is 3. The number of nitrogens with zero attached hydrogens (tertiary/aromatic N) is 3. The van der Waals surface area contributed by atoms with Crippen LogP contribution in [0.5, 0.6) is 0 Å². The van der Waals surface area contributed by atoms with Crippen molar-refractivity contribution in [2.45, 2.75) is 52.1 Å². The van der Waals surface area contributed by atoms with Crippen molar-refractivity contribution in [2.24, 2.45) is 5.92 Å². The molecule has 120 valence electrons. The zero-order valence-corrected chi connectivity index (χ0v) is 15.2. The maximum atomic E-state index is 10.1. The van der Waals surface area contributed by atoms with Crippen molar-refractivity contribution in [3.05, 3.63) is 30.3 Å². The number of para-hydroxylation sites is 1. The Morgan fingerprint density at radius 2 is 1.95 bits per heavy atom. The molecule has 2 rings (SSSR count). The minimum atomic E-state index is -1.30. The zero-order valence-electron chi connectivity index (χ0n) is 14.2. The molecule has 4 nitrogen and oxygen atoms in total. The quantitative estimate of drug-likeness (QED) is 0.819. The number of aliphatic hydroxyl groups is 1. The first kappa shape index (κ1) is 16.9. The second-order valence-corrected chi connectivity index (χ2v) is 12.9. The van der Waals surface area contributed by atoms with E-state index in [1.54, 1.807) is 0 Å². The molecule has 0 saturated carbocycles. The smallest absolute Gasteiger partial charge is 0.113 e. The maximum absolute atomic E-state index is 10.1. The highest BCUT2D eigenvalue weighted by Gasteiger charge is 2.19. The van der Waals surface area contributed by atoms with Gasteiger partial charge in [-0.05, 0) is 30.5 Å². The molecule has 0 aliphatic heterocycles. The van der Waals surface area contributed by atoms with Crippen molar-refractivity contribution in [3.8, 4) is 0 Å². The van der Waals surface area contributed by atoms with Gasteiger partial charge in [0.2, 0.25) is 0 Å². The van der Waals surface area contributed by atoms with Gasteiger partial charge in [0.25, 0.3) is 0 Å². The molecule has 0 aliphatic rings. The van der Waals surface area contributed by atoms with Crippen LogP contribution in [0.3, 0.4) is 0 Å². The number of allylic oxidation sites excluding steroid dienone is 1. The molecule has 1 heterocycles. The van der Waals surface area contributed by atoms with Crippen molar-refractivity contribution in [1.29, 1.82) is 0 Å². The Bertz CT molecular complexity index is 655. The monoisotopic (exact) mass is 317 g/mol. The minimum Gasteiger partial charge on any atom is -0.393 e. The molecule has 0 amide bonds. The lowest BCUT2D eigenvalue weighted by Crippen LogP contribution is -2.22. The number of fused-ring (bicyclic) bond motifs is 1. The van der Waals surface area contributed by atoms with E-state index < -0.39 is 8.07 Å². The first-order chi connectivity index (χ1) is 10.3. The molecule has 5 heteroatoms. The minimum absolute atomic E-state index is 0.261. The summed E-state index contributed by atoms with van der Waals surface area (Å²) in [6.07, 6.45) is 2.49. The van der Waals surface area contributed by atoms with E-state index in [4.69, 9.17) is 0 Å². The van der Waals surface area contributed by atoms with E-state index in [-0.39, 0.29) is 12.0 Å². The predicted molar refractivity (Wildman–Crippen MR) is 95.4 cm³/mol. The molecule has 0 saturated heterocycles. The second kappa shape index (κ2) is 6.75. The third-order valence-electron chi connectivity index (χ3n) is 3.70. The molecule has 1 aromatic carbocycles. The molecular formula is C17H27N3OSi. The SMILES string of the molecule is CC(C)C(O)C/C=C(/C[Si](C)(C)C)n1nnc2ccccc21. The van der Waals surface area contributed by atoms with Crippen LogP contribution >= 0.6 is 0 Å². The van der Waals surface area contributed by atoms with Crippen LogP contribution in [0.4, 0.5) is 0 Å². The molecule has 0 spiro atoms. The van der Waals surface area contributed by atoms with Crippen molar-refractivity contribution < 1.29 is 5.11 Å². The lowest BCUT2D eigenvalue weighted by Gasteiger charge is -2.20. The third-order valence-corrected chi connectivity index (χ3v) is 5.12. The molecule has 1 aromatic heterocycles. The molecular weight excluding hydrogens is 290 g/mol. The normalized spacial score (nSPS) is 14.8. The van der Waals surface area contributed by atoms with E-state index in [9.17, 15) is 5.11 Å². The average molecular weight is 318 g/mol. The van der Waals surface area contributed by atoms with Crippen molar-refractivity contribution in [1.82, 2.24) is 15.0 Å². The van der Waals surface area contributed by atoms with Crippen LogP contribution in [0.15, 0.2) is 30.3 Å². The van der Waals surface area contributed by atoms with Crippen LogP contribution in [-0.4, -0.2) is 34.3 Å². The predicted octanol–water partition coefficient (Wildman–Crippen LogP) is 4.02. The van der Waals surface area contributed by atoms with Crippen LogP contribution in [0.1, 0.15) is 20.3 Å². The van der Waals surface area contributed by atoms with Gasteiger partial charge in [0.15, 0.2) is 0 Å². The molecule has 1 unspecified atom stereocenters. The summed E-state index contributed by atoms with van der Waals surface area (Å²) in [4.78, 5) is 0. The van der Waals surface area contributed by atoms with Crippen molar-refractivity contribution in [3.63, 3.8) is 0 Å². The van der Waals surface area contributed by atoms with E-state index in [1.807, 2.05) is 42.8 Å². The van der Waals surface area contributed by atoms with Crippen molar-refractivity contribution in [2.75, 3.05) is 0 Å². The van der Waals surface area contributed by atoms with Gasteiger partial charge in [-0.3, -0.25) is 0 Å². The Morgan fingerprint density at radius 3 is 2.59 bits per heavy atom. The fourth-order valence-electron chi connectivity index (χ4n) is 2.39. The van der Waals surface area contributed by atoms with Gasteiger partial charge in [-0.1, -0.05) is 56.9 Å². The number of hydrogen-bond donors (Lipinski definition) is 1. The fraction of sp³-hybridized carbons (Fsp3) is 0.529. The Morgan fingerprint density at radius 1 is 1.27 bits per heavy atom. The molecule has 1 atom stereocenters. The maximum Gasteiger partial charge on any atom is 0.113 e. The first-order valence-corrected chi connectivity index (χ1v) is 11.7. The van der Waals surface area contributed by atoms with Crippen LogP contribution in [0, 0.1) is 5.92 Å². The summed E-state index contributed by atoms with van der Waals surface area (Å²) in [5.41, 5.74) is 3.10. The Hall–Kier alpha value is -1.46. The average Bonchev–Trinajstić information content (AvgIpc) is 2.85. The summed E-state index contributed by atoms with van der Waals surface area (Å²) in [7, 11) is -1.30. The lowest BCUT2D eigenvalue weighted by molar-refractivity contribution is 0.128. The summed E-state index contributed by atoms with van der Waals surface area (Å²) >= 11 is 0. The van der Waals surface area contributed by atoms with Crippen LogP contribution < -0.4 is 0 Å². The highest BCUT2D eigenvalue weighted by Crippen LogP contribution is 2.24. The molecule has 0 bridgehead atoms. The molecule has 0 radical (unpaired) electrons. The first-order valence-electron chi connectivity index (χ1n) is 7.96. The second-order valence-electron chi connectivity index (χ2n) is 7.47. The molecule has 1 N–H and O–H groups in total. The Labute approximate surface area is 133 Å². The van der Waals surface area contributed by atoms with Crippen LogP contribution in [-0.2, 0) is 0 Å². The van der Waals surface area contributed by atoms with E-state index in [1.165, 1.54) is 0 Å². The number of aliphatic hydroxyl groups excluding tert-OH is 1. The van der Waals surface area contributed by atoms with Crippen molar-refractivity contribution >= 4 is 24.8 Å². The van der Waals surface area contributed by atoms with Gasteiger partial charge in [0, 0.05) is 5.70 Å². The number of rotatable bonds is 6. The number of aromatic nitrogens is 3. The van der Waals surface area contributed by atoms with Crippen LogP contribution in [0.25, 0.3) is 16.7 Å². The van der Waals surface area contributed by atoms with E-state index >= 15 is 0 Å². The van der Waals surface area contributed by atoms with Gasteiger partial charge in [-0.25, -0.2) is 4.68 Å². The van der Waals surface area contributed by atoms with E-state index in [0.29, 0.717) is 6.42 Å². The highest BCUT2D eigenvalue weighted by atomic mass is 28.3. The van der Waals surface area contributed by atoms with Gasteiger partial charge in [0.05, 0.1) is 19.7 Å². The standard InChI is InChI=1S/C17H27N3OSi/c1-13(2)17(21)11-10-14(12-22(3,4)5)20-16-9-7-6-8-15(16)18-19-20/h6-10,13,17,21H,11-12H2,1-5H3/b14-10-.